The van der Waals surface area contributed by atoms with E-state index < -0.39 is 10.2 Å². The van der Waals surface area contributed by atoms with Crippen molar-refractivity contribution in [1.82, 2.24) is 14.3 Å². The van der Waals surface area contributed by atoms with Crippen molar-refractivity contribution in [2.45, 2.75) is 37.8 Å². The van der Waals surface area contributed by atoms with Gasteiger partial charge in [-0.1, -0.05) is 0 Å². The molecule has 0 amide bonds. The third kappa shape index (κ3) is 3.14. The first-order valence-corrected chi connectivity index (χ1v) is 6.99. The van der Waals surface area contributed by atoms with E-state index >= 15 is 0 Å². The molecule has 2 fully saturated rings. The van der Waals surface area contributed by atoms with Crippen LogP contribution in [0, 0.1) is 0 Å². The minimum absolute atomic E-state index is 0.189. The first-order chi connectivity index (χ1) is 7.08. The van der Waals surface area contributed by atoms with Gasteiger partial charge in [-0.2, -0.15) is 17.4 Å². The van der Waals surface area contributed by atoms with Crippen molar-refractivity contribution < 1.29 is 8.42 Å². The van der Waals surface area contributed by atoms with Crippen LogP contribution in [0.25, 0.3) is 0 Å². The quantitative estimate of drug-likeness (QED) is 0.683. The van der Waals surface area contributed by atoms with Crippen LogP contribution >= 0.6 is 0 Å². The summed E-state index contributed by atoms with van der Waals surface area (Å²) in [6.45, 7) is 1.58. The molecule has 5 nitrogen and oxygen atoms in total. The Morgan fingerprint density at radius 3 is 2.67 bits per heavy atom. The van der Waals surface area contributed by atoms with Crippen molar-refractivity contribution in [2.24, 2.45) is 0 Å². The number of nitrogens with one attached hydrogen (secondary N) is 2. The van der Waals surface area contributed by atoms with Crippen molar-refractivity contribution in [3.05, 3.63) is 0 Å². The molecule has 0 aromatic rings. The van der Waals surface area contributed by atoms with Crippen LogP contribution in [0.2, 0.25) is 0 Å². The molecule has 0 radical (unpaired) electrons. The van der Waals surface area contributed by atoms with Crippen LogP contribution in [0.4, 0.5) is 0 Å². The fraction of sp³-hybridized carbons (Fsp3) is 1.00. The fourth-order valence-corrected chi connectivity index (χ4v) is 3.04. The van der Waals surface area contributed by atoms with E-state index in [0.29, 0.717) is 12.6 Å². The zero-order valence-electron chi connectivity index (χ0n) is 9.07. The molecular formula is C9H19N3O2S. The lowest BCUT2D eigenvalue weighted by atomic mass is 10.2. The SMILES string of the molecule is CN(CC1CCCN1)S(=O)(=O)NC1CC1. The largest absolute Gasteiger partial charge is 0.313 e. The number of nitrogens with zero attached hydrogens (tertiary/aromatic N) is 1. The highest BCUT2D eigenvalue weighted by molar-refractivity contribution is 7.87. The molecule has 2 aliphatic rings. The molecule has 1 saturated heterocycles. The molecule has 1 unspecified atom stereocenters. The van der Waals surface area contributed by atoms with Gasteiger partial charge in [0.1, 0.15) is 0 Å². The molecule has 1 aliphatic heterocycles. The summed E-state index contributed by atoms with van der Waals surface area (Å²) in [5.74, 6) is 0. The highest BCUT2D eigenvalue weighted by Gasteiger charge is 2.30. The molecule has 0 aromatic heterocycles. The summed E-state index contributed by atoms with van der Waals surface area (Å²) in [5, 5.41) is 3.29. The Bertz CT molecular complexity index is 307. The van der Waals surface area contributed by atoms with Crippen molar-refractivity contribution in [1.29, 1.82) is 0 Å². The van der Waals surface area contributed by atoms with Gasteiger partial charge in [-0.25, -0.2) is 0 Å². The Labute approximate surface area is 91.4 Å². The summed E-state index contributed by atoms with van der Waals surface area (Å²) in [7, 11) is -1.60. The molecule has 6 heteroatoms. The van der Waals surface area contributed by atoms with Gasteiger partial charge < -0.3 is 5.32 Å². The van der Waals surface area contributed by atoms with Gasteiger partial charge in [0.2, 0.25) is 0 Å². The van der Waals surface area contributed by atoms with Gasteiger partial charge in [0.15, 0.2) is 0 Å². The van der Waals surface area contributed by atoms with Crippen LogP contribution in [0.1, 0.15) is 25.7 Å². The standard InChI is InChI=1S/C9H19N3O2S/c1-12(7-9-3-2-6-10-9)15(13,14)11-8-4-5-8/h8-11H,2-7H2,1H3. The summed E-state index contributed by atoms with van der Waals surface area (Å²) in [6, 6.07) is 0.514. The molecule has 15 heavy (non-hydrogen) atoms. The maximum atomic E-state index is 11.8. The zero-order valence-corrected chi connectivity index (χ0v) is 9.89. The Morgan fingerprint density at radius 1 is 1.40 bits per heavy atom. The average molecular weight is 233 g/mol. The first-order valence-electron chi connectivity index (χ1n) is 5.55. The van der Waals surface area contributed by atoms with Crippen LogP contribution in [0.15, 0.2) is 0 Å². The number of hydrogen-bond donors (Lipinski definition) is 2. The number of likely N-dealkylation sites (N-methyl/N-ethyl adjacent to an activating group) is 1. The summed E-state index contributed by atoms with van der Waals surface area (Å²) in [5.41, 5.74) is 0. The normalized spacial score (nSPS) is 27.5. The average Bonchev–Trinajstić information content (AvgIpc) is 2.81. The van der Waals surface area contributed by atoms with E-state index in [0.717, 1.165) is 32.2 Å². The second-order valence-corrected chi connectivity index (χ2v) is 6.28. The maximum absolute atomic E-state index is 11.8. The lowest BCUT2D eigenvalue weighted by Gasteiger charge is -2.21. The van der Waals surface area contributed by atoms with E-state index in [4.69, 9.17) is 0 Å². The monoisotopic (exact) mass is 233 g/mol. The molecule has 1 atom stereocenters. The molecule has 0 bridgehead atoms. The van der Waals surface area contributed by atoms with Crippen LogP contribution in [-0.4, -0.2) is 44.9 Å². The third-order valence-corrected chi connectivity index (χ3v) is 4.54. The molecule has 88 valence electrons. The minimum atomic E-state index is -3.24. The predicted octanol–water partition coefficient (Wildman–Crippen LogP) is -0.333. The summed E-state index contributed by atoms with van der Waals surface area (Å²) in [4.78, 5) is 0. The Hall–Kier alpha value is -0.170. The van der Waals surface area contributed by atoms with Gasteiger partial charge in [0, 0.05) is 25.7 Å². The fourth-order valence-electron chi connectivity index (χ4n) is 1.82. The van der Waals surface area contributed by atoms with E-state index in [1.807, 2.05) is 0 Å². The van der Waals surface area contributed by atoms with Gasteiger partial charge in [-0.05, 0) is 32.2 Å². The van der Waals surface area contributed by atoms with E-state index in [1.54, 1.807) is 7.05 Å². The molecule has 1 aliphatic carbocycles. The van der Waals surface area contributed by atoms with E-state index in [-0.39, 0.29) is 6.04 Å². The lowest BCUT2D eigenvalue weighted by molar-refractivity contribution is 0.410. The molecule has 1 saturated carbocycles. The molecule has 1 heterocycles. The van der Waals surface area contributed by atoms with Crippen molar-refractivity contribution in [3.8, 4) is 0 Å². The Morgan fingerprint density at radius 2 is 2.13 bits per heavy atom. The topological polar surface area (TPSA) is 61.4 Å². The highest BCUT2D eigenvalue weighted by atomic mass is 32.2. The second-order valence-electron chi connectivity index (χ2n) is 4.47. The van der Waals surface area contributed by atoms with Crippen LogP contribution in [0.5, 0.6) is 0 Å². The van der Waals surface area contributed by atoms with Gasteiger partial charge >= 0.3 is 0 Å². The predicted molar refractivity (Wildman–Crippen MR) is 58.7 cm³/mol. The lowest BCUT2D eigenvalue weighted by Crippen LogP contribution is -2.44. The summed E-state index contributed by atoms with van der Waals surface area (Å²) in [6.07, 6.45) is 4.18. The second kappa shape index (κ2) is 4.37. The van der Waals surface area contributed by atoms with E-state index in [1.165, 1.54) is 4.31 Å². The summed E-state index contributed by atoms with van der Waals surface area (Å²) >= 11 is 0. The molecular weight excluding hydrogens is 214 g/mol. The highest BCUT2D eigenvalue weighted by Crippen LogP contribution is 2.20. The molecule has 0 aromatic carbocycles. The minimum Gasteiger partial charge on any atom is -0.313 e. The van der Waals surface area contributed by atoms with Crippen molar-refractivity contribution >= 4 is 10.2 Å². The van der Waals surface area contributed by atoms with E-state index in [9.17, 15) is 8.42 Å². The van der Waals surface area contributed by atoms with Crippen LogP contribution < -0.4 is 10.0 Å². The van der Waals surface area contributed by atoms with E-state index in [2.05, 4.69) is 10.0 Å². The van der Waals surface area contributed by atoms with Gasteiger partial charge in [0.05, 0.1) is 0 Å². The van der Waals surface area contributed by atoms with Gasteiger partial charge in [-0.15, -0.1) is 0 Å². The van der Waals surface area contributed by atoms with Crippen LogP contribution in [0.3, 0.4) is 0 Å². The van der Waals surface area contributed by atoms with Crippen LogP contribution in [-0.2, 0) is 10.2 Å². The Balaban J connectivity index is 1.84. The molecule has 2 rings (SSSR count). The summed E-state index contributed by atoms with van der Waals surface area (Å²) < 4.78 is 27.6. The maximum Gasteiger partial charge on any atom is 0.279 e. The first kappa shape index (κ1) is 11.3. The van der Waals surface area contributed by atoms with Crippen molar-refractivity contribution in [3.63, 3.8) is 0 Å². The smallest absolute Gasteiger partial charge is 0.279 e. The molecule has 2 N–H and O–H groups in total. The van der Waals surface area contributed by atoms with Crippen molar-refractivity contribution in [2.75, 3.05) is 20.1 Å². The van der Waals surface area contributed by atoms with Gasteiger partial charge in [0.25, 0.3) is 10.2 Å². The zero-order chi connectivity index (χ0) is 10.9. The number of hydrogen-bond acceptors (Lipinski definition) is 3. The Kier molecular flexibility index (Phi) is 3.30. The number of rotatable bonds is 5. The third-order valence-electron chi connectivity index (χ3n) is 2.94. The molecule has 0 spiro atoms. The van der Waals surface area contributed by atoms with Gasteiger partial charge in [-0.3, -0.25) is 0 Å².